The van der Waals surface area contributed by atoms with Crippen molar-refractivity contribution in [2.75, 3.05) is 19.8 Å². The van der Waals surface area contributed by atoms with E-state index in [9.17, 15) is 14.5 Å². The van der Waals surface area contributed by atoms with E-state index in [1.807, 2.05) is 13.8 Å². The van der Waals surface area contributed by atoms with Gasteiger partial charge in [0.05, 0.1) is 13.2 Å². The van der Waals surface area contributed by atoms with E-state index >= 15 is 0 Å². The highest BCUT2D eigenvalue weighted by Crippen LogP contribution is 2.64. The molecule has 1 aliphatic rings. The molecule has 0 bridgehead atoms. The van der Waals surface area contributed by atoms with Crippen molar-refractivity contribution in [3.8, 4) is 0 Å². The van der Waals surface area contributed by atoms with E-state index < -0.39 is 24.7 Å². The quantitative estimate of drug-likeness (QED) is 0.482. The van der Waals surface area contributed by atoms with E-state index in [4.69, 9.17) is 18.5 Å². The molecular weight excluding hydrogens is 311 g/mol. The summed E-state index contributed by atoms with van der Waals surface area (Å²) in [5.41, 5.74) is 0. The second-order valence-electron chi connectivity index (χ2n) is 5.75. The lowest BCUT2D eigenvalue weighted by molar-refractivity contribution is -0.174. The predicted octanol–water partition coefficient (Wildman–Crippen LogP) is 3.38. The van der Waals surface area contributed by atoms with Crippen LogP contribution >= 0.6 is 7.60 Å². The first kappa shape index (κ1) is 19.6. The van der Waals surface area contributed by atoms with Crippen LogP contribution in [0.15, 0.2) is 0 Å². The zero-order valence-corrected chi connectivity index (χ0v) is 14.7. The lowest BCUT2D eigenvalue weighted by Gasteiger charge is -2.31. The van der Waals surface area contributed by atoms with E-state index in [-0.39, 0.29) is 19.8 Å². The van der Waals surface area contributed by atoms with Gasteiger partial charge in [-0.25, -0.2) is 4.79 Å². The highest BCUT2D eigenvalue weighted by atomic mass is 31.2. The van der Waals surface area contributed by atoms with Crippen LogP contribution < -0.4 is 0 Å². The third-order valence-corrected chi connectivity index (χ3v) is 5.67. The van der Waals surface area contributed by atoms with Crippen molar-refractivity contribution in [2.45, 2.75) is 64.5 Å². The van der Waals surface area contributed by atoms with Gasteiger partial charge in [0.1, 0.15) is 6.61 Å². The van der Waals surface area contributed by atoms with Crippen LogP contribution in [-0.4, -0.2) is 42.0 Å². The lowest BCUT2D eigenvalue weighted by atomic mass is 10.4. The van der Waals surface area contributed by atoms with Crippen molar-refractivity contribution in [2.24, 2.45) is 0 Å². The Morgan fingerprint density at radius 3 is 2.00 bits per heavy atom. The predicted molar refractivity (Wildman–Crippen MR) is 80.8 cm³/mol. The molecule has 0 saturated carbocycles. The fraction of sp³-hybridized carbons (Fsp3) is 0.929. The fourth-order valence-corrected chi connectivity index (χ4v) is 4.02. The average molecular weight is 338 g/mol. The molecule has 1 saturated heterocycles. The summed E-state index contributed by atoms with van der Waals surface area (Å²) in [6, 6.07) is 0. The number of hydrogen-bond donors (Lipinski definition) is 1. The molecule has 0 aliphatic carbocycles. The van der Waals surface area contributed by atoms with E-state index in [0.717, 1.165) is 12.8 Å². The normalized spacial score (nSPS) is 24.5. The zero-order valence-electron chi connectivity index (χ0n) is 13.8. The summed E-state index contributed by atoms with van der Waals surface area (Å²) in [5.74, 6) is -2.55. The minimum absolute atomic E-state index is 0.152. The number of carboxylic acid groups (broad SMARTS) is 1. The standard InChI is InChI=1S/C14H27O7P/c1-5-7-9-19-22(17,20-10-8-6-2)14(12(15)16)11-18-13(3,4)21-14/h5-11H2,1-4H3,(H,15,16). The molecule has 22 heavy (non-hydrogen) atoms. The minimum Gasteiger partial charge on any atom is -0.479 e. The number of ether oxygens (including phenoxy) is 2. The topological polar surface area (TPSA) is 91.3 Å². The van der Waals surface area contributed by atoms with Crippen molar-refractivity contribution in [3.05, 3.63) is 0 Å². The monoisotopic (exact) mass is 338 g/mol. The van der Waals surface area contributed by atoms with Gasteiger partial charge in [0, 0.05) is 0 Å². The second kappa shape index (κ2) is 7.88. The maximum atomic E-state index is 13.2. The van der Waals surface area contributed by atoms with Crippen LogP contribution in [0.25, 0.3) is 0 Å². The minimum atomic E-state index is -4.04. The molecule has 0 aromatic heterocycles. The summed E-state index contributed by atoms with van der Waals surface area (Å²) in [5, 5.41) is 7.49. The molecule has 0 aromatic carbocycles. The van der Waals surface area contributed by atoms with Gasteiger partial charge in [0.15, 0.2) is 5.79 Å². The Labute approximate surface area is 131 Å². The summed E-state index contributed by atoms with van der Waals surface area (Å²) in [6.45, 7) is 6.98. The van der Waals surface area contributed by atoms with Crippen LogP contribution in [0.4, 0.5) is 0 Å². The van der Waals surface area contributed by atoms with Gasteiger partial charge in [-0.05, 0) is 26.7 Å². The molecular formula is C14H27O7P. The summed E-state index contributed by atoms with van der Waals surface area (Å²) in [6.07, 6.45) is 2.97. The molecule has 1 rings (SSSR count). The first-order chi connectivity index (χ1) is 10.2. The molecule has 130 valence electrons. The fourth-order valence-electron chi connectivity index (χ4n) is 2.00. The van der Waals surface area contributed by atoms with Crippen molar-refractivity contribution < 1.29 is 33.0 Å². The zero-order chi connectivity index (χ0) is 16.9. The van der Waals surface area contributed by atoms with Gasteiger partial charge in [-0.1, -0.05) is 26.7 Å². The van der Waals surface area contributed by atoms with Crippen molar-refractivity contribution in [3.63, 3.8) is 0 Å². The third kappa shape index (κ3) is 4.30. The molecule has 0 aromatic rings. The average Bonchev–Trinajstić information content (AvgIpc) is 2.77. The smallest absolute Gasteiger partial charge is 0.376 e. The van der Waals surface area contributed by atoms with E-state index in [0.29, 0.717) is 12.8 Å². The third-order valence-electron chi connectivity index (χ3n) is 3.32. The van der Waals surface area contributed by atoms with Crippen LogP contribution in [0.3, 0.4) is 0 Å². The molecule has 1 aliphatic heterocycles. The van der Waals surface area contributed by atoms with E-state index in [1.165, 1.54) is 0 Å². The van der Waals surface area contributed by atoms with Gasteiger partial charge < -0.3 is 23.6 Å². The first-order valence-electron chi connectivity index (χ1n) is 7.70. The van der Waals surface area contributed by atoms with Gasteiger partial charge >= 0.3 is 13.6 Å². The van der Waals surface area contributed by atoms with E-state index in [1.54, 1.807) is 13.8 Å². The number of hydrogen-bond acceptors (Lipinski definition) is 6. The van der Waals surface area contributed by atoms with Crippen molar-refractivity contribution in [1.82, 2.24) is 0 Å². The van der Waals surface area contributed by atoms with E-state index in [2.05, 4.69) is 0 Å². The summed E-state index contributed by atoms with van der Waals surface area (Å²) in [7, 11) is -4.04. The van der Waals surface area contributed by atoms with Gasteiger partial charge in [0.2, 0.25) is 0 Å². The Hall–Kier alpha value is -0.460. The molecule has 1 N–H and O–H groups in total. The molecule has 1 fully saturated rings. The van der Waals surface area contributed by atoms with Crippen molar-refractivity contribution in [1.29, 1.82) is 0 Å². The van der Waals surface area contributed by atoms with Gasteiger partial charge in [0.25, 0.3) is 5.34 Å². The maximum absolute atomic E-state index is 13.2. The number of carbonyl (C=O) groups is 1. The number of unbranched alkanes of at least 4 members (excludes halogenated alkanes) is 2. The van der Waals surface area contributed by atoms with Crippen LogP contribution in [0, 0.1) is 0 Å². The maximum Gasteiger partial charge on any atom is 0.376 e. The van der Waals surface area contributed by atoms with Gasteiger partial charge in [-0.2, -0.15) is 0 Å². The largest absolute Gasteiger partial charge is 0.479 e. The summed E-state index contributed by atoms with van der Waals surface area (Å²) >= 11 is 0. The Bertz CT molecular complexity index is 409. The molecule has 1 atom stereocenters. The Morgan fingerprint density at radius 2 is 1.68 bits per heavy atom. The molecule has 0 amide bonds. The highest BCUT2D eigenvalue weighted by molar-refractivity contribution is 7.56. The molecule has 1 unspecified atom stereocenters. The van der Waals surface area contributed by atoms with Crippen LogP contribution in [0.2, 0.25) is 0 Å². The molecule has 0 spiro atoms. The molecule has 1 heterocycles. The highest BCUT2D eigenvalue weighted by Gasteiger charge is 2.65. The number of rotatable bonds is 10. The lowest BCUT2D eigenvalue weighted by Crippen LogP contribution is -2.43. The Balaban J connectivity index is 3.04. The van der Waals surface area contributed by atoms with Crippen LogP contribution in [-0.2, 0) is 27.9 Å². The Morgan fingerprint density at radius 1 is 1.18 bits per heavy atom. The molecule has 8 heteroatoms. The van der Waals surface area contributed by atoms with Gasteiger partial charge in [-0.3, -0.25) is 4.57 Å². The SMILES string of the molecule is CCCCOP(=O)(OCCCC)C1(C(=O)O)COC(C)(C)O1. The number of aliphatic carboxylic acids is 1. The first-order valence-corrected chi connectivity index (χ1v) is 9.24. The Kier molecular flexibility index (Phi) is 7.02. The summed E-state index contributed by atoms with van der Waals surface area (Å²) < 4.78 is 34.8. The molecule has 0 radical (unpaired) electrons. The molecule has 7 nitrogen and oxygen atoms in total. The van der Waals surface area contributed by atoms with Gasteiger partial charge in [-0.15, -0.1) is 0 Å². The van der Waals surface area contributed by atoms with Crippen molar-refractivity contribution >= 4 is 13.6 Å². The second-order valence-corrected chi connectivity index (χ2v) is 7.98. The summed E-state index contributed by atoms with van der Waals surface area (Å²) in [4.78, 5) is 11.8. The number of carboxylic acids is 1. The van der Waals surface area contributed by atoms with Crippen LogP contribution in [0.1, 0.15) is 53.4 Å². The van der Waals surface area contributed by atoms with Crippen LogP contribution in [0.5, 0.6) is 0 Å².